The lowest BCUT2D eigenvalue weighted by atomic mass is 9.67. The first-order valence-corrected chi connectivity index (χ1v) is 6.63. The Hall–Kier alpha value is 0. The summed E-state index contributed by atoms with van der Waals surface area (Å²) in [6, 6.07) is 0. The van der Waals surface area contributed by atoms with Crippen LogP contribution in [0.3, 0.4) is 0 Å². The second-order valence-electron chi connectivity index (χ2n) is 5.69. The summed E-state index contributed by atoms with van der Waals surface area (Å²) in [4.78, 5) is 0. The van der Waals surface area contributed by atoms with E-state index in [2.05, 4.69) is 13.8 Å². The Labute approximate surface area is 89.5 Å². The zero-order valence-corrected chi connectivity index (χ0v) is 9.89. The molecule has 3 atom stereocenters. The minimum Gasteiger partial charge on any atom is -0.0625 e. The molecule has 0 aromatic rings. The van der Waals surface area contributed by atoms with Gasteiger partial charge in [-0.3, -0.25) is 0 Å². The van der Waals surface area contributed by atoms with Crippen LogP contribution in [0.1, 0.15) is 65.2 Å². The predicted molar refractivity (Wildman–Crippen MR) is 62.0 cm³/mol. The Kier molecular flexibility index (Phi) is 3.52. The van der Waals surface area contributed by atoms with Crippen molar-refractivity contribution in [3.05, 3.63) is 5.92 Å². The van der Waals surface area contributed by atoms with Crippen molar-refractivity contribution in [2.45, 2.75) is 65.2 Å². The van der Waals surface area contributed by atoms with Crippen molar-refractivity contribution in [2.75, 3.05) is 0 Å². The number of hydrogen-bond donors (Lipinski definition) is 0. The molecule has 0 amide bonds. The van der Waals surface area contributed by atoms with Gasteiger partial charge < -0.3 is 0 Å². The van der Waals surface area contributed by atoms with E-state index in [9.17, 15) is 0 Å². The fourth-order valence-corrected chi connectivity index (χ4v) is 3.59. The summed E-state index contributed by atoms with van der Waals surface area (Å²) < 4.78 is 0. The molecule has 0 N–H and O–H groups in total. The molecule has 0 aliphatic heterocycles. The topological polar surface area (TPSA) is 0 Å². The van der Waals surface area contributed by atoms with E-state index >= 15 is 0 Å². The molecule has 0 aromatic heterocycles. The largest absolute Gasteiger partial charge is 0.0625 e. The van der Waals surface area contributed by atoms with E-state index in [1.807, 2.05) is 5.92 Å². The molecular formula is C14H25. The standard InChI is InChI=1S/C14H25/c1-11-6-5-8-13(10-11)14-9-4-3-7-12(14)2/h11-13H,3-10H2,1-2H3. The quantitative estimate of drug-likeness (QED) is 0.571. The van der Waals surface area contributed by atoms with E-state index in [4.69, 9.17) is 0 Å². The van der Waals surface area contributed by atoms with Gasteiger partial charge in [0.25, 0.3) is 0 Å². The van der Waals surface area contributed by atoms with Gasteiger partial charge in [0, 0.05) is 0 Å². The van der Waals surface area contributed by atoms with Gasteiger partial charge in [-0.25, -0.2) is 0 Å². The molecule has 0 spiro atoms. The van der Waals surface area contributed by atoms with E-state index in [-0.39, 0.29) is 0 Å². The average molecular weight is 193 g/mol. The molecule has 2 rings (SSSR count). The van der Waals surface area contributed by atoms with Crippen molar-refractivity contribution in [3.63, 3.8) is 0 Å². The third-order valence-corrected chi connectivity index (χ3v) is 4.45. The molecule has 0 bridgehead atoms. The molecule has 0 aromatic carbocycles. The van der Waals surface area contributed by atoms with Gasteiger partial charge in [0.15, 0.2) is 0 Å². The first-order valence-electron chi connectivity index (χ1n) is 6.63. The summed E-state index contributed by atoms with van der Waals surface area (Å²) in [5.74, 6) is 4.89. The van der Waals surface area contributed by atoms with Gasteiger partial charge in [0.1, 0.15) is 0 Å². The summed E-state index contributed by atoms with van der Waals surface area (Å²) in [6.45, 7) is 4.91. The summed E-state index contributed by atoms with van der Waals surface area (Å²) in [6.07, 6.45) is 11.9. The highest BCUT2D eigenvalue weighted by Crippen LogP contribution is 2.44. The van der Waals surface area contributed by atoms with E-state index < -0.39 is 0 Å². The van der Waals surface area contributed by atoms with E-state index in [0.717, 1.165) is 17.8 Å². The van der Waals surface area contributed by atoms with Crippen LogP contribution in [0.25, 0.3) is 0 Å². The zero-order valence-electron chi connectivity index (χ0n) is 9.89. The second-order valence-corrected chi connectivity index (χ2v) is 5.69. The smallest absolute Gasteiger partial charge is 0.0182 e. The molecule has 0 saturated heterocycles. The van der Waals surface area contributed by atoms with Crippen LogP contribution in [-0.4, -0.2) is 0 Å². The minimum atomic E-state index is 0.944. The van der Waals surface area contributed by atoms with Crippen LogP contribution < -0.4 is 0 Å². The van der Waals surface area contributed by atoms with Crippen molar-refractivity contribution in [1.82, 2.24) is 0 Å². The summed E-state index contributed by atoms with van der Waals surface area (Å²) in [7, 11) is 0. The molecule has 0 heterocycles. The fraction of sp³-hybridized carbons (Fsp3) is 0.929. The molecule has 3 unspecified atom stereocenters. The zero-order chi connectivity index (χ0) is 9.97. The summed E-state index contributed by atoms with van der Waals surface area (Å²) in [5.41, 5.74) is 0. The molecule has 2 aliphatic rings. The minimum absolute atomic E-state index is 0.944. The third-order valence-electron chi connectivity index (χ3n) is 4.45. The van der Waals surface area contributed by atoms with E-state index in [0.29, 0.717) is 0 Å². The molecule has 1 radical (unpaired) electrons. The molecule has 2 saturated carbocycles. The molecular weight excluding hydrogens is 168 g/mol. The maximum Gasteiger partial charge on any atom is -0.0182 e. The maximum atomic E-state index is 2.47. The highest BCUT2D eigenvalue weighted by Gasteiger charge is 2.31. The van der Waals surface area contributed by atoms with Gasteiger partial charge in [-0.2, -0.15) is 0 Å². The Morgan fingerprint density at radius 3 is 2.50 bits per heavy atom. The molecule has 81 valence electrons. The number of hydrogen-bond acceptors (Lipinski definition) is 0. The Bertz CT molecular complexity index is 173. The van der Waals surface area contributed by atoms with Crippen molar-refractivity contribution < 1.29 is 0 Å². The highest BCUT2D eigenvalue weighted by atomic mass is 14.4. The maximum absolute atomic E-state index is 2.47. The summed E-state index contributed by atoms with van der Waals surface area (Å²) in [5, 5.41) is 0. The first kappa shape index (κ1) is 10.5. The summed E-state index contributed by atoms with van der Waals surface area (Å²) >= 11 is 0. The van der Waals surface area contributed by atoms with Crippen LogP contribution >= 0.6 is 0 Å². The van der Waals surface area contributed by atoms with Gasteiger partial charge in [-0.1, -0.05) is 46.0 Å². The molecule has 0 heteroatoms. The van der Waals surface area contributed by atoms with Crippen molar-refractivity contribution in [3.8, 4) is 0 Å². The van der Waals surface area contributed by atoms with Crippen LogP contribution in [0.4, 0.5) is 0 Å². The molecule has 0 nitrogen and oxygen atoms in total. The Morgan fingerprint density at radius 2 is 1.79 bits per heavy atom. The van der Waals surface area contributed by atoms with Crippen LogP contribution in [0.15, 0.2) is 0 Å². The van der Waals surface area contributed by atoms with Crippen LogP contribution in [0, 0.1) is 23.7 Å². The van der Waals surface area contributed by atoms with Crippen LogP contribution in [0.2, 0.25) is 0 Å². The normalized spacial score (nSPS) is 41.1. The van der Waals surface area contributed by atoms with Crippen LogP contribution in [-0.2, 0) is 0 Å². The lowest BCUT2D eigenvalue weighted by molar-refractivity contribution is 0.237. The Morgan fingerprint density at radius 1 is 0.929 bits per heavy atom. The van der Waals surface area contributed by atoms with Gasteiger partial charge >= 0.3 is 0 Å². The molecule has 2 aliphatic carbocycles. The number of rotatable bonds is 1. The fourth-order valence-electron chi connectivity index (χ4n) is 3.59. The van der Waals surface area contributed by atoms with E-state index in [1.54, 1.807) is 0 Å². The SMILES string of the molecule is CC1CCCC([C]2CCCCC2C)C1. The highest BCUT2D eigenvalue weighted by molar-refractivity contribution is 5.03. The van der Waals surface area contributed by atoms with Gasteiger partial charge in [-0.15, -0.1) is 0 Å². The van der Waals surface area contributed by atoms with Gasteiger partial charge in [0.05, 0.1) is 0 Å². The second kappa shape index (κ2) is 4.68. The van der Waals surface area contributed by atoms with Crippen molar-refractivity contribution in [1.29, 1.82) is 0 Å². The van der Waals surface area contributed by atoms with Gasteiger partial charge in [0.2, 0.25) is 0 Å². The predicted octanol–water partition coefficient (Wildman–Crippen LogP) is 4.60. The van der Waals surface area contributed by atoms with Crippen molar-refractivity contribution >= 4 is 0 Å². The van der Waals surface area contributed by atoms with Crippen molar-refractivity contribution in [2.24, 2.45) is 17.8 Å². The average Bonchev–Trinajstić information content (AvgIpc) is 2.18. The lowest BCUT2D eigenvalue weighted by Gasteiger charge is -2.38. The monoisotopic (exact) mass is 193 g/mol. The van der Waals surface area contributed by atoms with Gasteiger partial charge in [-0.05, 0) is 42.9 Å². The third kappa shape index (κ3) is 2.32. The molecule has 14 heavy (non-hydrogen) atoms. The van der Waals surface area contributed by atoms with E-state index in [1.165, 1.54) is 51.4 Å². The lowest BCUT2D eigenvalue weighted by Crippen LogP contribution is -2.27. The van der Waals surface area contributed by atoms with Crippen LogP contribution in [0.5, 0.6) is 0 Å². The first-order chi connectivity index (χ1) is 6.77. The molecule has 2 fully saturated rings. The Balaban J connectivity index is 1.91.